The highest BCUT2D eigenvalue weighted by Gasteiger charge is 2.13. The largest absolute Gasteiger partial charge is 0.379 e. The zero-order valence-corrected chi connectivity index (χ0v) is 12.9. The third-order valence-corrected chi connectivity index (χ3v) is 3.60. The van der Waals surface area contributed by atoms with Gasteiger partial charge in [-0.15, -0.1) is 0 Å². The van der Waals surface area contributed by atoms with Crippen LogP contribution in [-0.4, -0.2) is 49.7 Å². The molecule has 0 radical (unpaired) electrons. The Hall–Kier alpha value is -1.43. The molecule has 1 aliphatic heterocycles. The van der Waals surface area contributed by atoms with Crippen LogP contribution in [-0.2, 0) is 16.1 Å². The number of carbonyl (C=O) groups is 1. The number of nitrogens with zero attached hydrogens (tertiary/aromatic N) is 1. The molecule has 5 nitrogen and oxygen atoms in total. The van der Waals surface area contributed by atoms with E-state index >= 15 is 0 Å². The zero-order chi connectivity index (χ0) is 15.1. The number of hydrogen-bond donors (Lipinski definition) is 2. The summed E-state index contributed by atoms with van der Waals surface area (Å²) in [5.41, 5.74) is 2.00. The molecular weight excluding hydrogens is 266 g/mol. The van der Waals surface area contributed by atoms with Gasteiger partial charge in [0, 0.05) is 44.8 Å². The van der Waals surface area contributed by atoms with Crippen molar-refractivity contribution in [1.29, 1.82) is 0 Å². The average molecular weight is 291 g/mol. The molecule has 1 heterocycles. The first-order chi connectivity index (χ1) is 10.1. The van der Waals surface area contributed by atoms with Gasteiger partial charge in [0.25, 0.3) is 0 Å². The van der Waals surface area contributed by atoms with E-state index in [-0.39, 0.29) is 5.91 Å². The van der Waals surface area contributed by atoms with Gasteiger partial charge in [-0.1, -0.05) is 18.2 Å². The Labute approximate surface area is 126 Å². The van der Waals surface area contributed by atoms with Crippen molar-refractivity contribution in [3.05, 3.63) is 29.8 Å². The number of benzene rings is 1. The van der Waals surface area contributed by atoms with Gasteiger partial charge in [0.05, 0.1) is 13.2 Å². The van der Waals surface area contributed by atoms with Crippen LogP contribution >= 0.6 is 0 Å². The van der Waals surface area contributed by atoms with E-state index in [0.717, 1.165) is 50.6 Å². The van der Waals surface area contributed by atoms with Crippen LogP contribution in [0.3, 0.4) is 0 Å². The summed E-state index contributed by atoms with van der Waals surface area (Å²) >= 11 is 0. The fourth-order valence-electron chi connectivity index (χ4n) is 2.51. The first-order valence-electron chi connectivity index (χ1n) is 7.54. The molecule has 0 spiro atoms. The van der Waals surface area contributed by atoms with Gasteiger partial charge < -0.3 is 15.4 Å². The Kier molecular flexibility index (Phi) is 6.17. The Bertz CT molecular complexity index is 459. The first-order valence-corrected chi connectivity index (χ1v) is 7.54. The van der Waals surface area contributed by atoms with Crippen LogP contribution in [0.5, 0.6) is 0 Å². The van der Waals surface area contributed by atoms with E-state index in [1.165, 1.54) is 6.92 Å². The van der Waals surface area contributed by atoms with Gasteiger partial charge in [0.2, 0.25) is 5.91 Å². The number of carbonyl (C=O) groups excluding carboxylic acids is 1. The first kappa shape index (κ1) is 15.9. The highest BCUT2D eigenvalue weighted by atomic mass is 16.5. The van der Waals surface area contributed by atoms with Crippen molar-refractivity contribution < 1.29 is 9.53 Å². The van der Waals surface area contributed by atoms with Crippen LogP contribution < -0.4 is 10.6 Å². The smallest absolute Gasteiger partial charge is 0.221 e. The molecule has 0 bridgehead atoms. The van der Waals surface area contributed by atoms with Crippen LogP contribution in [0.1, 0.15) is 19.4 Å². The number of para-hydroxylation sites is 1. The van der Waals surface area contributed by atoms with Gasteiger partial charge in [0.15, 0.2) is 0 Å². The summed E-state index contributed by atoms with van der Waals surface area (Å²) in [6, 6.07) is 8.31. The highest BCUT2D eigenvalue weighted by molar-refractivity contribution is 5.89. The van der Waals surface area contributed by atoms with Gasteiger partial charge in [-0.2, -0.15) is 0 Å². The molecule has 21 heavy (non-hydrogen) atoms. The Morgan fingerprint density at radius 1 is 1.33 bits per heavy atom. The van der Waals surface area contributed by atoms with Crippen molar-refractivity contribution in [2.24, 2.45) is 0 Å². The van der Waals surface area contributed by atoms with Gasteiger partial charge in [-0.3, -0.25) is 9.69 Å². The summed E-state index contributed by atoms with van der Waals surface area (Å²) in [4.78, 5) is 13.6. The third kappa shape index (κ3) is 5.46. The molecule has 0 aromatic heterocycles. The lowest BCUT2D eigenvalue weighted by molar-refractivity contribution is -0.114. The number of rotatable bonds is 6. The van der Waals surface area contributed by atoms with E-state index in [1.54, 1.807) is 0 Å². The second kappa shape index (κ2) is 8.12. The SMILES string of the molecule is CC(=O)Nc1ccccc1CNC(C)CN1CCOCC1. The number of morpholine rings is 1. The van der Waals surface area contributed by atoms with Crippen LogP contribution in [0.2, 0.25) is 0 Å². The average Bonchev–Trinajstić information content (AvgIpc) is 2.47. The minimum atomic E-state index is -0.0381. The van der Waals surface area contributed by atoms with E-state index in [4.69, 9.17) is 4.74 Å². The highest BCUT2D eigenvalue weighted by Crippen LogP contribution is 2.14. The summed E-state index contributed by atoms with van der Waals surface area (Å²) in [7, 11) is 0. The molecule has 1 aromatic carbocycles. The lowest BCUT2D eigenvalue weighted by atomic mass is 10.1. The molecule has 1 amide bonds. The molecule has 1 aliphatic rings. The second-order valence-electron chi connectivity index (χ2n) is 5.53. The molecule has 2 rings (SSSR count). The minimum Gasteiger partial charge on any atom is -0.379 e. The monoisotopic (exact) mass is 291 g/mol. The summed E-state index contributed by atoms with van der Waals surface area (Å²) < 4.78 is 5.36. The normalized spacial score (nSPS) is 17.4. The van der Waals surface area contributed by atoms with Crippen molar-refractivity contribution in [2.45, 2.75) is 26.4 Å². The van der Waals surface area contributed by atoms with E-state index in [9.17, 15) is 4.79 Å². The van der Waals surface area contributed by atoms with E-state index < -0.39 is 0 Å². The molecule has 1 unspecified atom stereocenters. The molecule has 1 atom stereocenters. The number of hydrogen-bond acceptors (Lipinski definition) is 4. The van der Waals surface area contributed by atoms with Crippen LogP contribution in [0.15, 0.2) is 24.3 Å². The molecule has 0 aliphatic carbocycles. The predicted octanol–water partition coefficient (Wildman–Crippen LogP) is 1.46. The number of ether oxygens (including phenoxy) is 1. The third-order valence-electron chi connectivity index (χ3n) is 3.60. The Balaban J connectivity index is 1.82. The minimum absolute atomic E-state index is 0.0381. The predicted molar refractivity (Wildman–Crippen MR) is 84.3 cm³/mol. The van der Waals surface area contributed by atoms with Crippen molar-refractivity contribution in [3.8, 4) is 0 Å². The second-order valence-corrected chi connectivity index (χ2v) is 5.53. The lowest BCUT2D eigenvalue weighted by Crippen LogP contribution is -2.44. The summed E-state index contributed by atoms with van der Waals surface area (Å²) in [6.45, 7) is 9.18. The number of nitrogens with one attached hydrogen (secondary N) is 2. The van der Waals surface area contributed by atoms with Gasteiger partial charge in [0.1, 0.15) is 0 Å². The Morgan fingerprint density at radius 3 is 2.76 bits per heavy atom. The number of anilines is 1. The maximum absolute atomic E-state index is 11.2. The molecular formula is C16H25N3O2. The summed E-state index contributed by atoms with van der Waals surface area (Å²) in [5.74, 6) is -0.0381. The Morgan fingerprint density at radius 2 is 2.05 bits per heavy atom. The lowest BCUT2D eigenvalue weighted by Gasteiger charge is -2.29. The molecule has 1 fully saturated rings. The van der Waals surface area contributed by atoms with E-state index in [0.29, 0.717) is 6.04 Å². The maximum atomic E-state index is 11.2. The van der Waals surface area contributed by atoms with Crippen molar-refractivity contribution in [2.75, 3.05) is 38.2 Å². The van der Waals surface area contributed by atoms with Crippen LogP contribution in [0.25, 0.3) is 0 Å². The van der Waals surface area contributed by atoms with Crippen LogP contribution in [0, 0.1) is 0 Å². The standard InChI is InChI=1S/C16H25N3O2/c1-13(12-19-7-9-21-10-8-19)17-11-15-5-3-4-6-16(15)18-14(2)20/h3-6,13,17H,7-12H2,1-2H3,(H,18,20). The molecule has 0 saturated carbocycles. The van der Waals surface area contributed by atoms with Crippen LogP contribution in [0.4, 0.5) is 5.69 Å². The fourth-order valence-corrected chi connectivity index (χ4v) is 2.51. The van der Waals surface area contributed by atoms with Gasteiger partial charge in [-0.25, -0.2) is 0 Å². The summed E-state index contributed by atoms with van der Waals surface area (Å²) in [6.07, 6.45) is 0. The van der Waals surface area contributed by atoms with E-state index in [2.05, 4.69) is 22.5 Å². The van der Waals surface area contributed by atoms with Crippen molar-refractivity contribution >= 4 is 11.6 Å². The zero-order valence-electron chi connectivity index (χ0n) is 12.9. The van der Waals surface area contributed by atoms with Crippen molar-refractivity contribution in [3.63, 3.8) is 0 Å². The fraction of sp³-hybridized carbons (Fsp3) is 0.562. The molecule has 2 N–H and O–H groups in total. The molecule has 1 saturated heterocycles. The topological polar surface area (TPSA) is 53.6 Å². The quantitative estimate of drug-likeness (QED) is 0.833. The van der Waals surface area contributed by atoms with E-state index in [1.807, 2.05) is 24.3 Å². The molecule has 5 heteroatoms. The van der Waals surface area contributed by atoms with Gasteiger partial charge >= 0.3 is 0 Å². The molecule has 1 aromatic rings. The number of amides is 1. The maximum Gasteiger partial charge on any atom is 0.221 e. The summed E-state index contributed by atoms with van der Waals surface area (Å²) in [5, 5.41) is 6.40. The van der Waals surface area contributed by atoms with Crippen molar-refractivity contribution in [1.82, 2.24) is 10.2 Å². The molecule has 116 valence electrons. The van der Waals surface area contributed by atoms with Gasteiger partial charge in [-0.05, 0) is 18.6 Å².